The number of rotatable bonds is 0. The van der Waals surface area contributed by atoms with Crippen molar-refractivity contribution < 1.29 is 9.90 Å². The third-order valence-electron chi connectivity index (χ3n) is 1.17. The van der Waals surface area contributed by atoms with Crippen molar-refractivity contribution in [2.45, 2.75) is 0 Å². The number of phenolic OH excluding ortho intramolecular Hbond substituents is 1. The summed E-state index contributed by atoms with van der Waals surface area (Å²) in [7, 11) is 0. The van der Waals surface area contributed by atoms with Crippen molar-refractivity contribution in [3.05, 3.63) is 29.8 Å². The van der Waals surface area contributed by atoms with Gasteiger partial charge in [0.25, 0.3) is 0 Å². The number of phenols is 1. The smallest absolute Gasteiger partial charge is 0.193 e. The molecule has 0 aliphatic carbocycles. The second kappa shape index (κ2) is 3.43. The van der Waals surface area contributed by atoms with E-state index in [-0.39, 0.29) is 5.75 Å². The van der Waals surface area contributed by atoms with Gasteiger partial charge in [-0.2, -0.15) is 0 Å². The minimum Gasteiger partial charge on any atom is -0.507 e. The maximum atomic E-state index is 9.83. The summed E-state index contributed by atoms with van der Waals surface area (Å²) >= 11 is 0. The van der Waals surface area contributed by atoms with Gasteiger partial charge in [-0.3, -0.25) is 4.79 Å². The van der Waals surface area contributed by atoms with Crippen molar-refractivity contribution in [1.82, 2.24) is 0 Å². The Balaban J connectivity index is 3.03. The molecule has 1 N–H and O–H groups in total. The van der Waals surface area contributed by atoms with Gasteiger partial charge in [-0.05, 0) is 18.1 Å². The predicted octanol–water partition coefficient (Wildman–Crippen LogP) is 0.943. The Morgan fingerprint density at radius 3 is 2.73 bits per heavy atom. The predicted molar refractivity (Wildman–Crippen MR) is 41.0 cm³/mol. The van der Waals surface area contributed by atoms with Gasteiger partial charge in [-0.25, -0.2) is 0 Å². The SMILES string of the molecule is O=CC#Cc1ccccc1O. The number of hydrogen-bond donors (Lipinski definition) is 1. The highest BCUT2D eigenvalue weighted by Crippen LogP contribution is 2.12. The highest BCUT2D eigenvalue weighted by atomic mass is 16.3. The molecule has 0 aromatic heterocycles. The molecule has 0 fully saturated rings. The largest absolute Gasteiger partial charge is 0.507 e. The van der Waals surface area contributed by atoms with Gasteiger partial charge in [-0.15, -0.1) is 0 Å². The molecular formula is C9H6O2. The van der Waals surface area contributed by atoms with E-state index in [4.69, 9.17) is 5.11 Å². The lowest BCUT2D eigenvalue weighted by atomic mass is 10.2. The van der Waals surface area contributed by atoms with E-state index in [1.54, 1.807) is 18.2 Å². The average Bonchev–Trinajstić information content (AvgIpc) is 2.03. The Morgan fingerprint density at radius 2 is 2.09 bits per heavy atom. The quantitative estimate of drug-likeness (QED) is 0.437. The maximum Gasteiger partial charge on any atom is 0.193 e. The lowest BCUT2D eigenvalue weighted by Crippen LogP contribution is -1.74. The van der Waals surface area contributed by atoms with Crippen molar-refractivity contribution in [3.63, 3.8) is 0 Å². The number of para-hydroxylation sites is 1. The van der Waals surface area contributed by atoms with Gasteiger partial charge < -0.3 is 5.11 Å². The van der Waals surface area contributed by atoms with Crippen LogP contribution in [0.4, 0.5) is 0 Å². The minimum atomic E-state index is 0.0989. The summed E-state index contributed by atoms with van der Waals surface area (Å²) in [4.78, 5) is 9.83. The van der Waals surface area contributed by atoms with Gasteiger partial charge in [0.15, 0.2) is 6.29 Å². The van der Waals surface area contributed by atoms with Crippen LogP contribution in [0.15, 0.2) is 24.3 Å². The van der Waals surface area contributed by atoms with Crippen LogP contribution in [0, 0.1) is 11.8 Å². The van der Waals surface area contributed by atoms with E-state index in [1.807, 2.05) is 0 Å². The van der Waals surface area contributed by atoms with Crippen LogP contribution in [0.1, 0.15) is 5.56 Å². The summed E-state index contributed by atoms with van der Waals surface area (Å²) in [6, 6.07) is 6.61. The lowest BCUT2D eigenvalue weighted by Gasteiger charge is -1.92. The number of carbonyl (C=O) groups is 1. The third-order valence-corrected chi connectivity index (χ3v) is 1.17. The van der Waals surface area contributed by atoms with Crippen molar-refractivity contribution in [2.24, 2.45) is 0 Å². The van der Waals surface area contributed by atoms with Crippen LogP contribution >= 0.6 is 0 Å². The zero-order valence-corrected chi connectivity index (χ0v) is 5.74. The van der Waals surface area contributed by atoms with Crippen LogP contribution in [0.2, 0.25) is 0 Å². The molecule has 0 amide bonds. The highest BCUT2D eigenvalue weighted by molar-refractivity contribution is 5.74. The van der Waals surface area contributed by atoms with Crippen molar-refractivity contribution in [3.8, 4) is 17.6 Å². The van der Waals surface area contributed by atoms with Crippen LogP contribution in [-0.4, -0.2) is 11.4 Å². The molecule has 0 heterocycles. The Bertz CT molecular complexity index is 318. The van der Waals surface area contributed by atoms with E-state index < -0.39 is 0 Å². The Labute approximate surface area is 64.5 Å². The molecule has 0 unspecified atom stereocenters. The first-order chi connectivity index (χ1) is 5.34. The molecule has 11 heavy (non-hydrogen) atoms. The molecule has 0 aliphatic heterocycles. The van der Waals surface area contributed by atoms with Crippen LogP contribution < -0.4 is 0 Å². The van der Waals surface area contributed by atoms with Crippen LogP contribution in [0.3, 0.4) is 0 Å². The number of hydrogen-bond acceptors (Lipinski definition) is 2. The molecule has 0 saturated heterocycles. The first-order valence-electron chi connectivity index (χ1n) is 3.08. The Hall–Kier alpha value is -1.75. The van der Waals surface area contributed by atoms with E-state index in [0.29, 0.717) is 11.8 Å². The molecule has 0 atom stereocenters. The fraction of sp³-hybridized carbons (Fsp3) is 0. The summed E-state index contributed by atoms with van der Waals surface area (Å²) in [5, 5.41) is 9.12. The first-order valence-corrected chi connectivity index (χ1v) is 3.08. The lowest BCUT2D eigenvalue weighted by molar-refractivity contribution is -0.103. The number of aromatic hydroxyl groups is 1. The van der Waals surface area contributed by atoms with Crippen molar-refractivity contribution in [2.75, 3.05) is 0 Å². The highest BCUT2D eigenvalue weighted by Gasteiger charge is 1.91. The molecule has 2 nitrogen and oxygen atoms in total. The zero-order valence-electron chi connectivity index (χ0n) is 5.74. The monoisotopic (exact) mass is 146 g/mol. The first kappa shape index (κ1) is 7.36. The minimum absolute atomic E-state index is 0.0989. The normalized spacial score (nSPS) is 8.00. The molecule has 0 bridgehead atoms. The zero-order chi connectivity index (χ0) is 8.10. The second-order valence-electron chi connectivity index (χ2n) is 1.90. The molecule has 1 rings (SSSR count). The van der Waals surface area contributed by atoms with Crippen molar-refractivity contribution >= 4 is 6.29 Å². The summed E-state index contributed by atoms with van der Waals surface area (Å²) in [5.74, 6) is 4.81. The van der Waals surface area contributed by atoms with E-state index in [0.717, 1.165) is 0 Å². The topological polar surface area (TPSA) is 37.3 Å². The standard InChI is InChI=1S/C9H6O2/c10-7-3-5-8-4-1-2-6-9(8)11/h1-2,4,6-7,11H. The third kappa shape index (κ3) is 1.84. The molecule has 54 valence electrons. The molecule has 1 aromatic rings. The van der Waals surface area contributed by atoms with E-state index in [1.165, 1.54) is 6.07 Å². The Morgan fingerprint density at radius 1 is 1.36 bits per heavy atom. The van der Waals surface area contributed by atoms with E-state index in [9.17, 15) is 4.79 Å². The number of aldehydes is 1. The van der Waals surface area contributed by atoms with Crippen LogP contribution in [0.5, 0.6) is 5.75 Å². The average molecular weight is 146 g/mol. The molecule has 1 aromatic carbocycles. The fourth-order valence-corrected chi connectivity index (χ4v) is 0.687. The summed E-state index contributed by atoms with van der Waals surface area (Å²) < 4.78 is 0. The summed E-state index contributed by atoms with van der Waals surface area (Å²) in [5.41, 5.74) is 0.472. The van der Waals surface area contributed by atoms with Gasteiger partial charge in [0.1, 0.15) is 5.75 Å². The van der Waals surface area contributed by atoms with Gasteiger partial charge in [-0.1, -0.05) is 18.1 Å². The van der Waals surface area contributed by atoms with Gasteiger partial charge in [0, 0.05) is 0 Å². The number of benzene rings is 1. The summed E-state index contributed by atoms with van der Waals surface area (Å²) in [6.07, 6.45) is 0.492. The second-order valence-corrected chi connectivity index (χ2v) is 1.90. The number of carbonyl (C=O) groups excluding carboxylic acids is 1. The van der Waals surface area contributed by atoms with Gasteiger partial charge >= 0.3 is 0 Å². The molecule has 0 spiro atoms. The van der Waals surface area contributed by atoms with Gasteiger partial charge in [0.05, 0.1) is 5.56 Å². The summed E-state index contributed by atoms with van der Waals surface area (Å²) in [6.45, 7) is 0. The molecule has 0 saturated carbocycles. The fourth-order valence-electron chi connectivity index (χ4n) is 0.687. The van der Waals surface area contributed by atoms with E-state index >= 15 is 0 Å². The van der Waals surface area contributed by atoms with Crippen LogP contribution in [-0.2, 0) is 4.79 Å². The van der Waals surface area contributed by atoms with Crippen LogP contribution in [0.25, 0.3) is 0 Å². The molecular weight excluding hydrogens is 140 g/mol. The maximum absolute atomic E-state index is 9.83. The Kier molecular flexibility index (Phi) is 2.29. The van der Waals surface area contributed by atoms with E-state index in [2.05, 4.69) is 11.8 Å². The molecule has 2 heteroatoms. The molecule has 0 radical (unpaired) electrons. The molecule has 0 aliphatic rings. The van der Waals surface area contributed by atoms with Crippen molar-refractivity contribution in [1.29, 1.82) is 0 Å². The van der Waals surface area contributed by atoms with Gasteiger partial charge in [0.2, 0.25) is 0 Å².